The van der Waals surface area contributed by atoms with E-state index in [1.54, 1.807) is 7.11 Å². The summed E-state index contributed by atoms with van der Waals surface area (Å²) in [5.74, 6) is 1.59. The van der Waals surface area contributed by atoms with Gasteiger partial charge in [-0.1, -0.05) is 13.0 Å². The van der Waals surface area contributed by atoms with Gasteiger partial charge in [-0.3, -0.25) is 0 Å². The summed E-state index contributed by atoms with van der Waals surface area (Å²) in [5.41, 5.74) is 0.735. The number of hydrogen-bond acceptors (Lipinski definition) is 4. The van der Waals surface area contributed by atoms with Crippen LogP contribution < -0.4 is 14.8 Å². The molecule has 1 atom stereocenters. The zero-order chi connectivity index (χ0) is 15.9. The normalized spacial score (nSPS) is 12.6. The van der Waals surface area contributed by atoms with Gasteiger partial charge >= 0.3 is 0 Å². The van der Waals surface area contributed by atoms with Crippen molar-refractivity contribution in [1.82, 2.24) is 5.32 Å². The van der Waals surface area contributed by atoms with Crippen LogP contribution >= 0.6 is 0 Å². The second-order valence-corrected chi connectivity index (χ2v) is 5.78. The molecule has 1 rings (SSSR count). The second-order valence-electron chi connectivity index (χ2n) is 5.78. The molecule has 1 unspecified atom stereocenters. The Labute approximate surface area is 128 Å². The number of methoxy groups -OCH3 is 1. The van der Waals surface area contributed by atoms with Crippen LogP contribution in [0.5, 0.6) is 11.5 Å². The molecule has 4 heteroatoms. The standard InChI is InChI=1S/C17H26N2O2/c1-6-19-13(2)15-8-7-14(20-5)11-16(15)21-10-9-17(3,4)12-18/h7-8,11,13,19H,6,9-10H2,1-5H3. The van der Waals surface area contributed by atoms with E-state index in [2.05, 4.69) is 25.2 Å². The molecular formula is C17H26N2O2. The zero-order valence-electron chi connectivity index (χ0n) is 13.7. The van der Waals surface area contributed by atoms with Crippen LogP contribution in [0, 0.1) is 16.7 Å². The van der Waals surface area contributed by atoms with Crippen LogP contribution in [0.15, 0.2) is 18.2 Å². The Bertz CT molecular complexity index is 492. The van der Waals surface area contributed by atoms with Gasteiger partial charge in [0, 0.05) is 17.7 Å². The van der Waals surface area contributed by atoms with Crippen molar-refractivity contribution < 1.29 is 9.47 Å². The van der Waals surface area contributed by atoms with Gasteiger partial charge in [0.2, 0.25) is 0 Å². The molecule has 0 radical (unpaired) electrons. The first-order chi connectivity index (χ1) is 9.93. The van der Waals surface area contributed by atoms with Crippen molar-refractivity contribution in [2.24, 2.45) is 5.41 Å². The summed E-state index contributed by atoms with van der Waals surface area (Å²) in [6.07, 6.45) is 0.690. The van der Waals surface area contributed by atoms with Crippen LogP contribution in [0.1, 0.15) is 45.7 Å². The van der Waals surface area contributed by atoms with Gasteiger partial charge in [0.15, 0.2) is 0 Å². The largest absolute Gasteiger partial charge is 0.497 e. The minimum Gasteiger partial charge on any atom is -0.497 e. The number of ether oxygens (including phenoxy) is 2. The Kier molecular flexibility index (Phi) is 6.51. The average Bonchev–Trinajstić information content (AvgIpc) is 2.47. The van der Waals surface area contributed by atoms with Gasteiger partial charge in [-0.15, -0.1) is 0 Å². The molecule has 0 bridgehead atoms. The number of nitriles is 1. The van der Waals surface area contributed by atoms with E-state index in [1.807, 2.05) is 32.0 Å². The van der Waals surface area contributed by atoms with Crippen molar-refractivity contribution in [1.29, 1.82) is 5.26 Å². The van der Waals surface area contributed by atoms with Gasteiger partial charge in [0.1, 0.15) is 11.5 Å². The highest BCUT2D eigenvalue weighted by molar-refractivity contribution is 5.42. The lowest BCUT2D eigenvalue weighted by Crippen LogP contribution is -2.19. The minimum atomic E-state index is -0.369. The highest BCUT2D eigenvalue weighted by atomic mass is 16.5. The molecule has 0 heterocycles. The zero-order valence-corrected chi connectivity index (χ0v) is 13.7. The van der Waals surface area contributed by atoms with Crippen molar-refractivity contribution >= 4 is 0 Å². The minimum absolute atomic E-state index is 0.208. The van der Waals surface area contributed by atoms with Crippen molar-refractivity contribution in [2.45, 2.75) is 40.2 Å². The van der Waals surface area contributed by atoms with E-state index in [4.69, 9.17) is 14.7 Å². The summed E-state index contributed by atoms with van der Waals surface area (Å²) < 4.78 is 11.2. The Hall–Kier alpha value is -1.73. The Morgan fingerprint density at radius 3 is 2.67 bits per heavy atom. The summed E-state index contributed by atoms with van der Waals surface area (Å²) in [6.45, 7) is 9.44. The van der Waals surface area contributed by atoms with Crippen molar-refractivity contribution in [3.05, 3.63) is 23.8 Å². The highest BCUT2D eigenvalue weighted by Crippen LogP contribution is 2.30. The molecule has 0 aliphatic rings. The predicted molar refractivity (Wildman–Crippen MR) is 84.6 cm³/mol. The first-order valence-electron chi connectivity index (χ1n) is 7.39. The van der Waals surface area contributed by atoms with Crippen LogP contribution in [-0.4, -0.2) is 20.3 Å². The quantitative estimate of drug-likeness (QED) is 0.793. The molecule has 21 heavy (non-hydrogen) atoms. The molecule has 0 saturated heterocycles. The molecule has 0 aliphatic carbocycles. The van der Waals surface area contributed by atoms with Gasteiger partial charge in [-0.05, 0) is 39.8 Å². The molecule has 116 valence electrons. The van der Waals surface area contributed by atoms with E-state index in [1.165, 1.54) is 0 Å². The summed E-state index contributed by atoms with van der Waals surface area (Å²) in [6, 6.07) is 8.37. The monoisotopic (exact) mass is 290 g/mol. The van der Waals surface area contributed by atoms with E-state index in [0.29, 0.717) is 13.0 Å². The van der Waals surface area contributed by atoms with Crippen molar-refractivity contribution in [3.8, 4) is 17.6 Å². The molecular weight excluding hydrogens is 264 g/mol. The van der Waals surface area contributed by atoms with Crippen LogP contribution in [0.25, 0.3) is 0 Å². The lowest BCUT2D eigenvalue weighted by atomic mass is 9.92. The van der Waals surface area contributed by atoms with Crippen LogP contribution in [0.3, 0.4) is 0 Å². The number of benzene rings is 1. The van der Waals surface area contributed by atoms with E-state index >= 15 is 0 Å². The van der Waals surface area contributed by atoms with Gasteiger partial charge in [-0.25, -0.2) is 0 Å². The summed E-state index contributed by atoms with van der Waals surface area (Å²) in [7, 11) is 1.64. The predicted octanol–water partition coefficient (Wildman–Crippen LogP) is 3.68. The Morgan fingerprint density at radius 2 is 2.10 bits per heavy atom. The number of hydrogen-bond donors (Lipinski definition) is 1. The Morgan fingerprint density at radius 1 is 1.38 bits per heavy atom. The second kappa shape index (κ2) is 7.90. The third-order valence-electron chi connectivity index (χ3n) is 3.48. The van der Waals surface area contributed by atoms with Crippen LogP contribution in [-0.2, 0) is 0 Å². The molecule has 4 nitrogen and oxygen atoms in total. The van der Waals surface area contributed by atoms with Gasteiger partial charge in [0.05, 0.1) is 25.2 Å². The lowest BCUT2D eigenvalue weighted by Gasteiger charge is -2.20. The van der Waals surface area contributed by atoms with E-state index < -0.39 is 0 Å². The third kappa shape index (κ3) is 5.28. The maximum atomic E-state index is 9.05. The summed E-state index contributed by atoms with van der Waals surface area (Å²) in [4.78, 5) is 0. The topological polar surface area (TPSA) is 54.3 Å². The number of rotatable bonds is 8. The summed E-state index contributed by atoms with van der Waals surface area (Å²) >= 11 is 0. The SMILES string of the molecule is CCNC(C)c1ccc(OC)cc1OCCC(C)(C)C#N. The van der Waals surface area contributed by atoms with Crippen molar-refractivity contribution in [2.75, 3.05) is 20.3 Å². The van der Waals surface area contributed by atoms with E-state index in [-0.39, 0.29) is 11.5 Å². The molecule has 0 saturated carbocycles. The maximum absolute atomic E-state index is 9.05. The maximum Gasteiger partial charge on any atom is 0.127 e. The van der Waals surface area contributed by atoms with Crippen LogP contribution in [0.2, 0.25) is 0 Å². The fourth-order valence-electron chi connectivity index (χ4n) is 2.01. The van der Waals surface area contributed by atoms with Gasteiger partial charge < -0.3 is 14.8 Å². The molecule has 1 aromatic carbocycles. The molecule has 0 aromatic heterocycles. The molecule has 0 amide bonds. The lowest BCUT2D eigenvalue weighted by molar-refractivity contribution is 0.259. The smallest absolute Gasteiger partial charge is 0.127 e. The first kappa shape index (κ1) is 17.3. The highest BCUT2D eigenvalue weighted by Gasteiger charge is 2.18. The van der Waals surface area contributed by atoms with Crippen LogP contribution in [0.4, 0.5) is 0 Å². The number of nitrogens with zero attached hydrogens (tertiary/aromatic N) is 1. The molecule has 0 aliphatic heterocycles. The van der Waals surface area contributed by atoms with Gasteiger partial charge in [-0.2, -0.15) is 5.26 Å². The van der Waals surface area contributed by atoms with E-state index in [0.717, 1.165) is 23.6 Å². The van der Waals surface area contributed by atoms with Crippen molar-refractivity contribution in [3.63, 3.8) is 0 Å². The van der Waals surface area contributed by atoms with E-state index in [9.17, 15) is 0 Å². The molecule has 1 aromatic rings. The molecule has 0 fully saturated rings. The number of nitrogens with one attached hydrogen (secondary N) is 1. The fraction of sp³-hybridized carbons (Fsp3) is 0.588. The molecule has 1 N–H and O–H groups in total. The average molecular weight is 290 g/mol. The molecule has 0 spiro atoms. The van der Waals surface area contributed by atoms with Gasteiger partial charge in [0.25, 0.3) is 0 Å². The fourth-order valence-corrected chi connectivity index (χ4v) is 2.01. The Balaban J connectivity index is 2.84. The first-order valence-corrected chi connectivity index (χ1v) is 7.39. The summed E-state index contributed by atoms with van der Waals surface area (Å²) in [5, 5.41) is 12.4. The third-order valence-corrected chi connectivity index (χ3v) is 3.48.